The maximum Gasteiger partial charge on any atom is 0.214 e. The van der Waals surface area contributed by atoms with Gasteiger partial charge < -0.3 is 9.84 Å². The third-order valence-electron chi connectivity index (χ3n) is 3.38. The summed E-state index contributed by atoms with van der Waals surface area (Å²) < 4.78 is 31.0. The Labute approximate surface area is 103 Å². The Morgan fingerprint density at radius 3 is 2.35 bits per heavy atom. The minimum atomic E-state index is -3.04. The third-order valence-corrected chi connectivity index (χ3v) is 5.43. The zero-order valence-electron chi connectivity index (χ0n) is 10.0. The average molecular weight is 263 g/mol. The van der Waals surface area contributed by atoms with Crippen LogP contribution >= 0.6 is 0 Å². The van der Waals surface area contributed by atoms with Crippen LogP contribution in [0.4, 0.5) is 0 Å². The summed E-state index contributed by atoms with van der Waals surface area (Å²) in [4.78, 5) is 0. The molecule has 0 radical (unpaired) electrons. The van der Waals surface area contributed by atoms with Crippen molar-refractivity contribution in [2.75, 3.05) is 32.1 Å². The van der Waals surface area contributed by atoms with Gasteiger partial charge in [-0.1, -0.05) is 0 Å². The van der Waals surface area contributed by atoms with Gasteiger partial charge in [0, 0.05) is 13.1 Å². The minimum Gasteiger partial charge on any atom is -0.394 e. The fraction of sp³-hybridized carbons (Fsp3) is 1.00. The number of piperidine rings is 1. The van der Waals surface area contributed by atoms with E-state index in [-0.39, 0.29) is 12.7 Å². The van der Waals surface area contributed by atoms with Crippen LogP contribution in [0.5, 0.6) is 0 Å². The molecule has 0 spiro atoms. The molecule has 0 aromatic carbocycles. The second-order valence-electron chi connectivity index (χ2n) is 4.91. The normalized spacial score (nSPS) is 24.1. The molecule has 1 N–H and O–H groups in total. The van der Waals surface area contributed by atoms with Gasteiger partial charge in [0.05, 0.1) is 25.1 Å². The molecule has 0 aromatic rings. The molecule has 6 heteroatoms. The molecule has 1 aliphatic heterocycles. The van der Waals surface area contributed by atoms with Crippen molar-refractivity contribution in [1.82, 2.24) is 4.31 Å². The molecule has 17 heavy (non-hydrogen) atoms. The van der Waals surface area contributed by atoms with Crippen LogP contribution < -0.4 is 0 Å². The first-order chi connectivity index (χ1) is 8.12. The van der Waals surface area contributed by atoms with Crippen molar-refractivity contribution in [2.24, 2.45) is 5.92 Å². The number of ether oxygens (including phenoxy) is 1. The standard InChI is InChI=1S/C11H21NO4S/c13-7-8-16-11-3-5-12(6-4-11)17(14,15)9-10-1-2-10/h10-11,13H,1-9H2. The van der Waals surface area contributed by atoms with Crippen LogP contribution in [0.1, 0.15) is 25.7 Å². The highest BCUT2D eigenvalue weighted by Crippen LogP contribution is 2.31. The molecule has 2 aliphatic rings. The summed E-state index contributed by atoms with van der Waals surface area (Å²) in [5.74, 6) is 0.734. The van der Waals surface area contributed by atoms with E-state index in [9.17, 15) is 8.42 Å². The van der Waals surface area contributed by atoms with Gasteiger partial charge in [-0.3, -0.25) is 0 Å². The fourth-order valence-corrected chi connectivity index (χ4v) is 4.09. The molecule has 1 saturated carbocycles. The van der Waals surface area contributed by atoms with Crippen LogP contribution in [0.2, 0.25) is 0 Å². The molecule has 100 valence electrons. The molecule has 1 saturated heterocycles. The van der Waals surface area contributed by atoms with Gasteiger partial charge in [-0.05, 0) is 31.6 Å². The Hall–Kier alpha value is -0.170. The number of hydrogen-bond donors (Lipinski definition) is 1. The van der Waals surface area contributed by atoms with Crippen LogP contribution in [0, 0.1) is 5.92 Å². The second-order valence-corrected chi connectivity index (χ2v) is 6.93. The molecular weight excluding hydrogens is 242 g/mol. The Bertz CT molecular complexity index is 331. The Morgan fingerprint density at radius 2 is 1.82 bits per heavy atom. The van der Waals surface area contributed by atoms with Gasteiger partial charge in [-0.2, -0.15) is 0 Å². The van der Waals surface area contributed by atoms with Crippen molar-refractivity contribution >= 4 is 10.0 Å². The summed E-state index contributed by atoms with van der Waals surface area (Å²) in [6.07, 6.45) is 3.72. The lowest BCUT2D eigenvalue weighted by Crippen LogP contribution is -2.42. The Kier molecular flexibility index (Phi) is 4.41. The minimum absolute atomic E-state index is 0.0280. The van der Waals surface area contributed by atoms with Gasteiger partial charge >= 0.3 is 0 Å². The van der Waals surface area contributed by atoms with E-state index >= 15 is 0 Å². The van der Waals surface area contributed by atoms with Gasteiger partial charge in [-0.15, -0.1) is 0 Å². The maximum absolute atomic E-state index is 12.0. The van der Waals surface area contributed by atoms with E-state index in [0.717, 1.165) is 25.7 Å². The van der Waals surface area contributed by atoms with Gasteiger partial charge in [0.25, 0.3) is 0 Å². The van der Waals surface area contributed by atoms with E-state index in [4.69, 9.17) is 9.84 Å². The molecule has 0 unspecified atom stereocenters. The van der Waals surface area contributed by atoms with Crippen molar-refractivity contribution in [3.05, 3.63) is 0 Å². The zero-order valence-corrected chi connectivity index (χ0v) is 10.9. The summed E-state index contributed by atoms with van der Waals surface area (Å²) in [6.45, 7) is 1.50. The fourth-order valence-electron chi connectivity index (χ4n) is 2.18. The van der Waals surface area contributed by atoms with Crippen molar-refractivity contribution in [2.45, 2.75) is 31.8 Å². The van der Waals surface area contributed by atoms with E-state index in [1.165, 1.54) is 0 Å². The number of aliphatic hydroxyl groups is 1. The first-order valence-corrected chi connectivity index (χ1v) is 7.93. The molecule has 2 fully saturated rings. The average Bonchev–Trinajstić information content (AvgIpc) is 3.10. The lowest BCUT2D eigenvalue weighted by molar-refractivity contribution is 0.00318. The molecule has 0 aromatic heterocycles. The van der Waals surface area contributed by atoms with E-state index in [1.807, 2.05) is 0 Å². The molecule has 1 aliphatic carbocycles. The predicted octanol–water partition coefficient (Wildman–Crippen LogP) is 0.200. The van der Waals surface area contributed by atoms with E-state index in [1.54, 1.807) is 4.31 Å². The van der Waals surface area contributed by atoms with Crippen molar-refractivity contribution in [3.63, 3.8) is 0 Å². The summed E-state index contributed by atoms with van der Waals surface area (Å²) in [7, 11) is -3.04. The molecule has 0 atom stereocenters. The van der Waals surface area contributed by atoms with Gasteiger partial charge in [0.1, 0.15) is 0 Å². The Morgan fingerprint density at radius 1 is 1.18 bits per heavy atom. The highest BCUT2D eigenvalue weighted by Gasteiger charge is 2.33. The number of rotatable bonds is 6. The summed E-state index contributed by atoms with van der Waals surface area (Å²) in [5.41, 5.74) is 0. The highest BCUT2D eigenvalue weighted by molar-refractivity contribution is 7.89. The molecule has 0 bridgehead atoms. The monoisotopic (exact) mass is 263 g/mol. The van der Waals surface area contributed by atoms with Crippen LogP contribution in [0.15, 0.2) is 0 Å². The number of nitrogens with zero attached hydrogens (tertiary/aromatic N) is 1. The summed E-state index contributed by atoms with van der Waals surface area (Å²) >= 11 is 0. The van der Waals surface area contributed by atoms with Crippen molar-refractivity contribution < 1.29 is 18.3 Å². The van der Waals surface area contributed by atoms with Gasteiger partial charge in [0.2, 0.25) is 10.0 Å². The topological polar surface area (TPSA) is 66.8 Å². The van der Waals surface area contributed by atoms with Crippen molar-refractivity contribution in [1.29, 1.82) is 0 Å². The van der Waals surface area contributed by atoms with E-state index in [0.29, 0.717) is 31.4 Å². The van der Waals surface area contributed by atoms with Crippen LogP contribution in [0.25, 0.3) is 0 Å². The van der Waals surface area contributed by atoms with Crippen molar-refractivity contribution in [3.8, 4) is 0 Å². The predicted molar refractivity (Wildman–Crippen MR) is 64.1 cm³/mol. The SMILES string of the molecule is O=S(=O)(CC1CC1)N1CCC(OCCO)CC1. The first-order valence-electron chi connectivity index (χ1n) is 6.32. The quantitative estimate of drug-likeness (QED) is 0.743. The largest absolute Gasteiger partial charge is 0.394 e. The molecule has 2 rings (SSSR count). The number of aliphatic hydroxyl groups excluding tert-OH is 1. The van der Waals surface area contributed by atoms with Gasteiger partial charge in [0.15, 0.2) is 0 Å². The molecular formula is C11H21NO4S. The second kappa shape index (κ2) is 5.65. The maximum atomic E-state index is 12.0. The zero-order chi connectivity index (χ0) is 12.3. The lowest BCUT2D eigenvalue weighted by atomic mass is 10.1. The number of sulfonamides is 1. The Balaban J connectivity index is 1.77. The molecule has 1 heterocycles. The first kappa shape index (κ1) is 13.3. The highest BCUT2D eigenvalue weighted by atomic mass is 32.2. The summed E-state index contributed by atoms with van der Waals surface area (Å²) in [6, 6.07) is 0. The number of hydrogen-bond acceptors (Lipinski definition) is 4. The van der Waals surface area contributed by atoms with Gasteiger partial charge in [-0.25, -0.2) is 12.7 Å². The molecule has 0 amide bonds. The van der Waals surface area contributed by atoms with E-state index < -0.39 is 10.0 Å². The van der Waals surface area contributed by atoms with Crippen LogP contribution in [-0.2, 0) is 14.8 Å². The lowest BCUT2D eigenvalue weighted by Gasteiger charge is -2.31. The van der Waals surface area contributed by atoms with E-state index in [2.05, 4.69) is 0 Å². The van der Waals surface area contributed by atoms with Crippen LogP contribution in [0.3, 0.4) is 0 Å². The summed E-state index contributed by atoms with van der Waals surface area (Å²) in [5, 5.41) is 8.65. The molecule has 5 nitrogen and oxygen atoms in total. The van der Waals surface area contributed by atoms with Crippen LogP contribution in [-0.4, -0.2) is 56.0 Å². The smallest absolute Gasteiger partial charge is 0.214 e. The third kappa shape index (κ3) is 3.91.